The summed E-state index contributed by atoms with van der Waals surface area (Å²) in [5, 5.41) is 19.3. The molecule has 1 aliphatic heterocycles. The van der Waals surface area contributed by atoms with E-state index in [1.165, 1.54) is 12.1 Å². The fourth-order valence-electron chi connectivity index (χ4n) is 2.95. The van der Waals surface area contributed by atoms with Crippen LogP contribution < -0.4 is 10.5 Å². The Morgan fingerprint density at radius 1 is 1.27 bits per heavy atom. The Hall–Kier alpha value is -1.72. The number of nitro benzene ring substituents is 1. The van der Waals surface area contributed by atoms with Crippen molar-refractivity contribution in [1.29, 1.82) is 0 Å². The molecule has 0 spiro atoms. The van der Waals surface area contributed by atoms with E-state index < -0.39 is 24.7 Å². The normalized spacial score (nSPS) is 26.3. The molecule has 0 aromatic heterocycles. The highest BCUT2D eigenvalue weighted by molar-refractivity contribution is 7.93. The molecule has 0 amide bonds. The van der Waals surface area contributed by atoms with Gasteiger partial charge in [-0.25, -0.2) is 22.1 Å². The van der Waals surface area contributed by atoms with Gasteiger partial charge in [-0.2, -0.15) is 0 Å². The molecular formula is C15H22N4O5S2. The first-order chi connectivity index (χ1) is 12.2. The van der Waals surface area contributed by atoms with Crippen molar-refractivity contribution >= 4 is 31.1 Å². The molecule has 1 saturated heterocycles. The highest BCUT2D eigenvalue weighted by Crippen LogP contribution is 2.30. The minimum Gasteiger partial charge on any atom is -0.379 e. The Kier molecular flexibility index (Phi) is 5.22. The third-order valence-electron chi connectivity index (χ3n) is 4.65. The lowest BCUT2D eigenvalue weighted by Gasteiger charge is -2.25. The van der Waals surface area contributed by atoms with Crippen LogP contribution in [0.4, 0.5) is 11.4 Å². The van der Waals surface area contributed by atoms with Gasteiger partial charge in [0, 0.05) is 33.8 Å². The van der Waals surface area contributed by atoms with Crippen LogP contribution in [0.2, 0.25) is 0 Å². The topological polar surface area (TPSA) is 145 Å². The van der Waals surface area contributed by atoms with Crippen molar-refractivity contribution in [2.24, 2.45) is 15.4 Å². The van der Waals surface area contributed by atoms with E-state index in [1.807, 2.05) is 0 Å². The van der Waals surface area contributed by atoms with Gasteiger partial charge in [-0.1, -0.05) is 0 Å². The fraction of sp³-hybridized carbons (Fsp3) is 0.600. The molecule has 1 aliphatic carbocycles. The summed E-state index contributed by atoms with van der Waals surface area (Å²) in [6, 6.07) is 3.84. The predicted molar refractivity (Wildman–Crippen MR) is 99.0 cm³/mol. The summed E-state index contributed by atoms with van der Waals surface area (Å²) in [6.07, 6.45) is 3.59. The average Bonchev–Trinajstić information content (AvgIpc) is 3.36. The zero-order valence-corrected chi connectivity index (χ0v) is 15.8. The SMILES string of the molecule is NS(=O)(=O)c1ccc(NCC2CCS(=O)(=NC3CC3)CC2)c([N+](=O)[O-])c1. The number of nitro groups is 1. The molecular weight excluding hydrogens is 380 g/mol. The molecule has 9 nitrogen and oxygen atoms in total. The number of benzene rings is 1. The van der Waals surface area contributed by atoms with Crippen molar-refractivity contribution < 1.29 is 17.6 Å². The molecule has 1 aromatic carbocycles. The second kappa shape index (κ2) is 7.12. The van der Waals surface area contributed by atoms with Crippen LogP contribution in [0.5, 0.6) is 0 Å². The number of sulfonamides is 1. The van der Waals surface area contributed by atoms with Crippen LogP contribution >= 0.6 is 0 Å². The van der Waals surface area contributed by atoms with Gasteiger partial charge < -0.3 is 5.32 Å². The first-order valence-corrected chi connectivity index (χ1v) is 11.8. The van der Waals surface area contributed by atoms with Crippen LogP contribution in [-0.2, 0) is 19.8 Å². The maximum Gasteiger partial charge on any atom is 0.293 e. The van der Waals surface area contributed by atoms with E-state index >= 15 is 0 Å². The van der Waals surface area contributed by atoms with Crippen LogP contribution in [0.25, 0.3) is 0 Å². The van der Waals surface area contributed by atoms with Crippen LogP contribution in [-0.4, -0.2) is 41.6 Å². The highest BCUT2D eigenvalue weighted by atomic mass is 32.2. The van der Waals surface area contributed by atoms with Gasteiger partial charge in [0.05, 0.1) is 15.9 Å². The molecule has 3 N–H and O–H groups in total. The highest BCUT2D eigenvalue weighted by Gasteiger charge is 2.28. The number of anilines is 1. The summed E-state index contributed by atoms with van der Waals surface area (Å²) in [5.41, 5.74) is -0.0868. The maximum absolute atomic E-state index is 12.6. The van der Waals surface area contributed by atoms with E-state index in [0.717, 1.165) is 31.7 Å². The Balaban J connectivity index is 1.65. The predicted octanol–water partition coefficient (Wildman–Crippen LogP) is 1.69. The van der Waals surface area contributed by atoms with Crippen molar-refractivity contribution in [3.8, 4) is 0 Å². The summed E-state index contributed by atoms with van der Waals surface area (Å²) in [7, 11) is -6.08. The van der Waals surface area contributed by atoms with E-state index in [0.29, 0.717) is 18.1 Å². The third kappa shape index (κ3) is 4.71. The van der Waals surface area contributed by atoms with Crippen molar-refractivity contribution in [2.45, 2.75) is 36.6 Å². The van der Waals surface area contributed by atoms with Crippen molar-refractivity contribution in [3.63, 3.8) is 0 Å². The maximum atomic E-state index is 12.6. The molecule has 0 unspecified atom stereocenters. The molecule has 1 aromatic rings. The molecule has 144 valence electrons. The van der Waals surface area contributed by atoms with Gasteiger partial charge in [0.2, 0.25) is 10.0 Å². The molecule has 0 atom stereocenters. The number of hydrogen-bond donors (Lipinski definition) is 2. The Morgan fingerprint density at radius 3 is 2.46 bits per heavy atom. The fourth-order valence-corrected chi connectivity index (χ4v) is 6.06. The lowest BCUT2D eigenvalue weighted by molar-refractivity contribution is -0.384. The second-order valence-corrected chi connectivity index (χ2v) is 11.0. The summed E-state index contributed by atoms with van der Waals surface area (Å²) in [5.74, 6) is 1.39. The first-order valence-electron chi connectivity index (χ1n) is 8.43. The summed E-state index contributed by atoms with van der Waals surface area (Å²) in [4.78, 5) is 10.3. The first kappa shape index (κ1) is 19.1. The van der Waals surface area contributed by atoms with E-state index in [4.69, 9.17) is 5.14 Å². The van der Waals surface area contributed by atoms with Gasteiger partial charge in [0.25, 0.3) is 5.69 Å². The molecule has 1 saturated carbocycles. The quantitative estimate of drug-likeness (QED) is 0.547. The molecule has 2 fully saturated rings. The van der Waals surface area contributed by atoms with E-state index in [9.17, 15) is 22.7 Å². The summed E-state index contributed by atoms with van der Waals surface area (Å²) < 4.78 is 39.8. The zero-order valence-electron chi connectivity index (χ0n) is 14.2. The third-order valence-corrected chi connectivity index (χ3v) is 7.99. The Morgan fingerprint density at radius 2 is 1.92 bits per heavy atom. The summed E-state index contributed by atoms with van der Waals surface area (Å²) in [6.45, 7) is 0.495. The van der Waals surface area contributed by atoms with Gasteiger partial charge in [-0.3, -0.25) is 10.1 Å². The number of hydrogen-bond acceptors (Lipinski definition) is 7. The van der Waals surface area contributed by atoms with Crippen LogP contribution in [0.15, 0.2) is 27.5 Å². The van der Waals surface area contributed by atoms with Gasteiger partial charge in [-0.15, -0.1) is 0 Å². The second-order valence-electron chi connectivity index (χ2n) is 6.82. The van der Waals surface area contributed by atoms with Crippen molar-refractivity contribution in [1.82, 2.24) is 0 Å². The number of rotatable bonds is 6. The number of primary sulfonamides is 1. The number of nitrogens with one attached hydrogen (secondary N) is 1. The standard InChI is InChI=1S/C15H22N4O5S2/c16-26(23,24)13-3-4-14(15(9-13)19(20)21)17-10-11-5-7-25(22,8-6-11)18-12-1-2-12/h3-4,9,11-12,17H,1-2,5-8,10H2,(H2,16,23,24). The van der Waals surface area contributed by atoms with Crippen LogP contribution in [0, 0.1) is 16.0 Å². The molecule has 3 rings (SSSR count). The Bertz CT molecular complexity index is 919. The van der Waals surface area contributed by atoms with Crippen molar-refractivity contribution in [2.75, 3.05) is 23.4 Å². The largest absolute Gasteiger partial charge is 0.379 e. The number of nitrogens with two attached hydrogens (primary N) is 1. The number of nitrogens with zero attached hydrogens (tertiary/aromatic N) is 2. The van der Waals surface area contributed by atoms with Gasteiger partial charge in [-0.05, 0) is 43.7 Å². The van der Waals surface area contributed by atoms with E-state index in [-0.39, 0.29) is 28.2 Å². The van der Waals surface area contributed by atoms with E-state index in [2.05, 4.69) is 9.68 Å². The van der Waals surface area contributed by atoms with E-state index in [1.54, 1.807) is 0 Å². The van der Waals surface area contributed by atoms with Crippen molar-refractivity contribution in [3.05, 3.63) is 28.3 Å². The average molecular weight is 402 g/mol. The van der Waals surface area contributed by atoms with Gasteiger partial charge in [0.1, 0.15) is 5.69 Å². The summed E-state index contributed by atoms with van der Waals surface area (Å²) >= 11 is 0. The van der Waals surface area contributed by atoms with Gasteiger partial charge >= 0.3 is 0 Å². The zero-order chi connectivity index (χ0) is 18.9. The molecule has 1 heterocycles. The smallest absolute Gasteiger partial charge is 0.293 e. The molecule has 2 aliphatic rings. The minimum atomic E-state index is -4.00. The van der Waals surface area contributed by atoms with Crippen LogP contribution in [0.1, 0.15) is 25.7 Å². The molecule has 0 radical (unpaired) electrons. The lowest BCUT2D eigenvalue weighted by Crippen LogP contribution is -2.28. The molecule has 0 bridgehead atoms. The monoisotopic (exact) mass is 402 g/mol. The molecule has 11 heteroatoms. The Labute approximate surface area is 152 Å². The lowest BCUT2D eigenvalue weighted by atomic mass is 10.0. The van der Waals surface area contributed by atoms with Crippen LogP contribution in [0.3, 0.4) is 0 Å². The molecule has 26 heavy (non-hydrogen) atoms. The minimum absolute atomic E-state index is 0.247. The van der Waals surface area contributed by atoms with Gasteiger partial charge in [0.15, 0.2) is 0 Å².